The molecule has 0 aliphatic rings. The van der Waals surface area contributed by atoms with Gasteiger partial charge in [-0.15, -0.1) is 0 Å². The Balaban J connectivity index is 3.53. The van der Waals surface area contributed by atoms with Crippen molar-refractivity contribution in [2.45, 2.75) is 38.8 Å². The summed E-state index contributed by atoms with van der Waals surface area (Å²) >= 11 is 0. The first-order valence-corrected chi connectivity index (χ1v) is 4.39. The number of nitriles is 1. The average Bonchev–Trinajstić information content (AvgIpc) is 2.10. The van der Waals surface area contributed by atoms with Crippen LogP contribution >= 0.6 is 0 Å². The molecule has 0 aromatic rings. The molecule has 0 amide bonds. The lowest BCUT2D eigenvalue weighted by molar-refractivity contribution is 0.183. The van der Waals surface area contributed by atoms with Crippen LogP contribution in [-0.2, 0) is 4.74 Å². The van der Waals surface area contributed by atoms with Gasteiger partial charge in [-0.1, -0.05) is 6.92 Å². The summed E-state index contributed by atoms with van der Waals surface area (Å²) < 4.78 is 4.94. The maximum atomic E-state index is 8.66. The van der Waals surface area contributed by atoms with Crippen LogP contribution in [0.15, 0.2) is 0 Å². The van der Waals surface area contributed by atoms with E-state index in [0.717, 1.165) is 19.4 Å². The zero-order valence-corrected chi connectivity index (χ0v) is 8.13. The van der Waals surface area contributed by atoms with Gasteiger partial charge in [0.1, 0.15) is 0 Å². The van der Waals surface area contributed by atoms with Gasteiger partial charge in [0, 0.05) is 19.8 Å². The molecule has 3 heteroatoms. The molecular formula is C9H18N2O. The highest BCUT2D eigenvalue weighted by Gasteiger charge is 2.07. The summed E-state index contributed by atoms with van der Waals surface area (Å²) in [5.74, 6) is 0. The number of hydrogen-bond acceptors (Lipinski definition) is 3. The van der Waals surface area contributed by atoms with Gasteiger partial charge in [0.2, 0.25) is 0 Å². The van der Waals surface area contributed by atoms with Gasteiger partial charge in [-0.3, -0.25) is 5.32 Å². The van der Waals surface area contributed by atoms with E-state index in [-0.39, 0.29) is 6.04 Å². The SMILES string of the molecule is CCC(C#N)NC(C)CCOC. The standard InChI is InChI=1S/C9H18N2O/c1-4-9(7-10)11-8(2)5-6-12-3/h8-9,11H,4-6H2,1-3H3. The number of hydrogen-bond donors (Lipinski definition) is 1. The third kappa shape index (κ3) is 5.11. The molecule has 0 aliphatic heterocycles. The molecule has 0 aromatic heterocycles. The molecule has 2 unspecified atom stereocenters. The molecule has 0 saturated heterocycles. The fourth-order valence-corrected chi connectivity index (χ4v) is 0.968. The Morgan fingerprint density at radius 1 is 1.58 bits per heavy atom. The van der Waals surface area contributed by atoms with Crippen LogP contribution in [0.25, 0.3) is 0 Å². The van der Waals surface area contributed by atoms with E-state index in [9.17, 15) is 0 Å². The van der Waals surface area contributed by atoms with Crippen LogP contribution in [0.5, 0.6) is 0 Å². The molecule has 0 bridgehead atoms. The second kappa shape index (κ2) is 7.08. The van der Waals surface area contributed by atoms with E-state index < -0.39 is 0 Å². The summed E-state index contributed by atoms with van der Waals surface area (Å²) in [6, 6.07) is 2.55. The van der Waals surface area contributed by atoms with E-state index in [4.69, 9.17) is 10.00 Å². The summed E-state index contributed by atoms with van der Waals surface area (Å²) in [6.07, 6.45) is 1.81. The van der Waals surface area contributed by atoms with Crippen LogP contribution in [-0.4, -0.2) is 25.8 Å². The minimum Gasteiger partial charge on any atom is -0.385 e. The lowest BCUT2D eigenvalue weighted by atomic mass is 10.2. The Labute approximate surface area is 74.7 Å². The summed E-state index contributed by atoms with van der Waals surface area (Å²) in [5, 5.41) is 11.9. The second-order valence-corrected chi connectivity index (χ2v) is 2.94. The summed E-state index contributed by atoms with van der Waals surface area (Å²) in [5.41, 5.74) is 0. The fourth-order valence-electron chi connectivity index (χ4n) is 0.968. The van der Waals surface area contributed by atoms with Crippen molar-refractivity contribution in [3.8, 4) is 6.07 Å². The predicted molar refractivity (Wildman–Crippen MR) is 48.8 cm³/mol. The lowest BCUT2D eigenvalue weighted by Crippen LogP contribution is -2.35. The van der Waals surface area contributed by atoms with E-state index in [0.29, 0.717) is 6.04 Å². The highest BCUT2D eigenvalue weighted by molar-refractivity contribution is 4.89. The Bertz CT molecular complexity index is 142. The van der Waals surface area contributed by atoms with Crippen molar-refractivity contribution in [3.05, 3.63) is 0 Å². The number of methoxy groups -OCH3 is 1. The van der Waals surface area contributed by atoms with E-state index in [1.54, 1.807) is 7.11 Å². The molecule has 70 valence electrons. The smallest absolute Gasteiger partial charge is 0.0952 e. The van der Waals surface area contributed by atoms with Crippen molar-refractivity contribution >= 4 is 0 Å². The van der Waals surface area contributed by atoms with E-state index >= 15 is 0 Å². The minimum atomic E-state index is -0.0168. The van der Waals surface area contributed by atoms with E-state index in [1.165, 1.54) is 0 Å². The number of rotatable bonds is 6. The number of ether oxygens (including phenoxy) is 1. The molecule has 0 rings (SSSR count). The number of nitrogens with one attached hydrogen (secondary N) is 1. The molecule has 2 atom stereocenters. The average molecular weight is 170 g/mol. The zero-order valence-electron chi connectivity index (χ0n) is 8.13. The van der Waals surface area contributed by atoms with Crippen molar-refractivity contribution in [2.75, 3.05) is 13.7 Å². The molecule has 0 fully saturated rings. The second-order valence-electron chi connectivity index (χ2n) is 2.94. The molecule has 0 aromatic carbocycles. The van der Waals surface area contributed by atoms with Crippen LogP contribution in [0, 0.1) is 11.3 Å². The quantitative estimate of drug-likeness (QED) is 0.653. The van der Waals surface area contributed by atoms with Gasteiger partial charge in [-0.2, -0.15) is 5.26 Å². The van der Waals surface area contributed by atoms with Gasteiger partial charge in [-0.25, -0.2) is 0 Å². The Morgan fingerprint density at radius 2 is 2.25 bits per heavy atom. The van der Waals surface area contributed by atoms with Crippen molar-refractivity contribution in [1.29, 1.82) is 5.26 Å². The number of nitrogens with zero attached hydrogens (tertiary/aromatic N) is 1. The van der Waals surface area contributed by atoms with Gasteiger partial charge in [0.05, 0.1) is 12.1 Å². The van der Waals surface area contributed by atoms with Crippen LogP contribution < -0.4 is 5.32 Å². The first-order chi connectivity index (χ1) is 5.74. The van der Waals surface area contributed by atoms with E-state index in [1.807, 2.05) is 6.92 Å². The summed E-state index contributed by atoms with van der Waals surface area (Å²) in [4.78, 5) is 0. The molecule has 0 aliphatic carbocycles. The highest BCUT2D eigenvalue weighted by atomic mass is 16.5. The molecule has 3 nitrogen and oxygen atoms in total. The Morgan fingerprint density at radius 3 is 2.67 bits per heavy atom. The fraction of sp³-hybridized carbons (Fsp3) is 0.889. The molecule has 0 spiro atoms. The molecular weight excluding hydrogens is 152 g/mol. The minimum absolute atomic E-state index is 0.0168. The van der Waals surface area contributed by atoms with Gasteiger partial charge in [-0.05, 0) is 19.8 Å². The summed E-state index contributed by atoms with van der Waals surface area (Å²) in [7, 11) is 1.69. The van der Waals surface area contributed by atoms with Gasteiger partial charge in [0.15, 0.2) is 0 Å². The van der Waals surface area contributed by atoms with Crippen LogP contribution in [0.1, 0.15) is 26.7 Å². The van der Waals surface area contributed by atoms with Crippen LogP contribution in [0.4, 0.5) is 0 Å². The van der Waals surface area contributed by atoms with Gasteiger partial charge in [0.25, 0.3) is 0 Å². The predicted octanol–water partition coefficient (Wildman–Crippen LogP) is 1.30. The first kappa shape index (κ1) is 11.4. The normalized spacial score (nSPS) is 15.2. The Hall–Kier alpha value is -0.590. The first-order valence-electron chi connectivity index (χ1n) is 4.39. The van der Waals surface area contributed by atoms with Crippen molar-refractivity contribution in [1.82, 2.24) is 5.32 Å². The largest absolute Gasteiger partial charge is 0.385 e. The van der Waals surface area contributed by atoms with Crippen molar-refractivity contribution < 1.29 is 4.74 Å². The van der Waals surface area contributed by atoms with Crippen LogP contribution in [0.2, 0.25) is 0 Å². The monoisotopic (exact) mass is 170 g/mol. The van der Waals surface area contributed by atoms with Gasteiger partial charge < -0.3 is 4.74 Å². The van der Waals surface area contributed by atoms with Crippen molar-refractivity contribution in [3.63, 3.8) is 0 Å². The highest BCUT2D eigenvalue weighted by Crippen LogP contribution is 1.95. The maximum absolute atomic E-state index is 8.66. The van der Waals surface area contributed by atoms with Crippen LogP contribution in [0.3, 0.4) is 0 Å². The molecule has 0 heterocycles. The van der Waals surface area contributed by atoms with Crippen molar-refractivity contribution in [2.24, 2.45) is 0 Å². The third-order valence-corrected chi connectivity index (χ3v) is 1.80. The molecule has 0 saturated carbocycles. The van der Waals surface area contributed by atoms with E-state index in [2.05, 4.69) is 18.3 Å². The summed E-state index contributed by atoms with van der Waals surface area (Å²) in [6.45, 7) is 4.82. The third-order valence-electron chi connectivity index (χ3n) is 1.80. The lowest BCUT2D eigenvalue weighted by Gasteiger charge is -2.16. The molecule has 0 radical (unpaired) electrons. The molecule has 1 N–H and O–H groups in total. The zero-order chi connectivity index (χ0) is 9.40. The van der Waals surface area contributed by atoms with Gasteiger partial charge >= 0.3 is 0 Å². The Kier molecular flexibility index (Phi) is 6.73. The molecule has 12 heavy (non-hydrogen) atoms. The maximum Gasteiger partial charge on any atom is 0.0952 e. The topological polar surface area (TPSA) is 45.0 Å².